The summed E-state index contributed by atoms with van der Waals surface area (Å²) in [7, 11) is -2.56. The van der Waals surface area contributed by atoms with Crippen LogP contribution in [0.2, 0.25) is 36.3 Å². The summed E-state index contributed by atoms with van der Waals surface area (Å²) in [5, 5.41) is 11.6. The van der Waals surface area contributed by atoms with Crippen LogP contribution in [0.25, 0.3) is 0 Å². The van der Waals surface area contributed by atoms with Gasteiger partial charge >= 0.3 is 5.97 Å². The van der Waals surface area contributed by atoms with Gasteiger partial charge in [0.1, 0.15) is 0 Å². The van der Waals surface area contributed by atoms with E-state index in [9.17, 15) is 9.90 Å². The molecule has 7 heteroatoms. The third-order valence-electron chi connectivity index (χ3n) is 10.6. The number of allylic oxidation sites excluding steroid dienone is 2. The summed E-state index contributed by atoms with van der Waals surface area (Å²) < 4.78 is 18.8. The van der Waals surface area contributed by atoms with Gasteiger partial charge in [-0.1, -0.05) is 104 Å². The molecule has 252 valence electrons. The van der Waals surface area contributed by atoms with Crippen molar-refractivity contribution < 1.29 is 23.5 Å². The summed E-state index contributed by atoms with van der Waals surface area (Å²) in [5.41, 5.74) is 2.51. The van der Waals surface area contributed by atoms with Crippen LogP contribution in [0.4, 0.5) is 0 Å². The zero-order valence-corrected chi connectivity index (χ0v) is 32.3. The molecule has 5 atom stereocenters. The highest BCUT2D eigenvalue weighted by Crippen LogP contribution is 2.48. The molecule has 0 bridgehead atoms. The van der Waals surface area contributed by atoms with Crippen molar-refractivity contribution in [2.24, 2.45) is 5.92 Å². The van der Waals surface area contributed by atoms with Gasteiger partial charge in [0.2, 0.25) is 0 Å². The lowest BCUT2D eigenvalue weighted by Gasteiger charge is -2.40. The molecule has 1 aromatic rings. The summed E-state index contributed by atoms with van der Waals surface area (Å²) in [5.74, 6) is 0.0325. The van der Waals surface area contributed by atoms with Crippen LogP contribution in [0.1, 0.15) is 129 Å². The lowest BCUT2D eigenvalue weighted by Crippen LogP contribution is -2.44. The van der Waals surface area contributed by atoms with Gasteiger partial charge in [-0.2, -0.15) is 0 Å². The minimum absolute atomic E-state index is 0.0155. The summed E-state index contributed by atoms with van der Waals surface area (Å²) >= 11 is 0. The molecule has 0 heterocycles. The Hall–Kier alpha value is -1.26. The summed E-state index contributed by atoms with van der Waals surface area (Å²) in [6, 6.07) is 9.14. The number of methoxy groups -OCH3 is 1. The normalized spacial score (nSPS) is 22.5. The van der Waals surface area contributed by atoms with Crippen LogP contribution in [0.15, 0.2) is 36.4 Å². The predicted octanol–water partition coefficient (Wildman–Crippen LogP) is 10.5. The van der Waals surface area contributed by atoms with Crippen LogP contribution in [0.3, 0.4) is 0 Å². The maximum absolute atomic E-state index is 11.5. The molecule has 0 amide bonds. The molecule has 1 aliphatic rings. The highest BCUT2D eigenvalue weighted by Gasteiger charge is 2.48. The fourth-order valence-corrected chi connectivity index (χ4v) is 8.36. The number of hydrogen-bond donors (Lipinski definition) is 1. The first-order valence-corrected chi connectivity index (χ1v) is 23.0. The van der Waals surface area contributed by atoms with E-state index in [-0.39, 0.29) is 40.1 Å². The monoisotopic (exact) mass is 646 g/mol. The van der Waals surface area contributed by atoms with E-state index < -0.39 is 22.7 Å². The van der Waals surface area contributed by atoms with Crippen molar-refractivity contribution in [3.63, 3.8) is 0 Å². The van der Waals surface area contributed by atoms with Crippen LogP contribution in [-0.2, 0) is 18.4 Å². The van der Waals surface area contributed by atoms with Crippen LogP contribution in [0.5, 0.6) is 0 Å². The van der Waals surface area contributed by atoms with Crippen LogP contribution < -0.4 is 0 Å². The standard InChI is InChI=1S/C37H66O5Si2/c1-13-14-17-21-32(41-43(9,10)36(2,3)4)28-23-25-29(26-24-28)35-30(20-18-15-16-19-22-34(39)40-8)31(38)27-33(35)42-44(11,12)37(5,6)7/h15,18,23-26,30-33,35,38H,13-14,16-17,19-22,27H2,1-12H3/t30?,31-,32?,33+,35+/m0/s1. The van der Waals surface area contributed by atoms with E-state index in [0.29, 0.717) is 12.8 Å². The van der Waals surface area contributed by atoms with Crippen LogP contribution in [-0.4, -0.2) is 47.0 Å². The average Bonchev–Trinajstić information content (AvgIpc) is 3.22. The lowest BCUT2D eigenvalue weighted by molar-refractivity contribution is -0.140. The van der Waals surface area contributed by atoms with Crippen molar-refractivity contribution in [1.29, 1.82) is 0 Å². The molecule has 5 nitrogen and oxygen atoms in total. The highest BCUT2D eigenvalue weighted by atomic mass is 28.4. The second-order valence-corrected chi connectivity index (χ2v) is 25.6. The number of aliphatic hydroxyl groups is 1. The lowest BCUT2D eigenvalue weighted by atomic mass is 9.84. The van der Waals surface area contributed by atoms with Crippen molar-refractivity contribution in [3.05, 3.63) is 47.5 Å². The summed E-state index contributed by atoms with van der Waals surface area (Å²) in [6.07, 6.45) is 12.1. The molecule has 1 saturated carbocycles. The number of aliphatic hydroxyl groups excluding tert-OH is 1. The smallest absolute Gasteiger partial charge is 0.305 e. The Balaban J connectivity index is 2.37. The second-order valence-electron chi connectivity index (χ2n) is 16.1. The molecular weight excluding hydrogens is 581 g/mol. The zero-order valence-electron chi connectivity index (χ0n) is 30.3. The average molecular weight is 647 g/mol. The zero-order chi connectivity index (χ0) is 33.3. The fraction of sp³-hybridized carbons (Fsp3) is 0.757. The molecule has 0 saturated heterocycles. The van der Waals surface area contributed by atoms with Crippen molar-refractivity contribution in [2.75, 3.05) is 7.11 Å². The number of hydrogen-bond acceptors (Lipinski definition) is 5. The Bertz CT molecular complexity index is 1040. The Morgan fingerprint density at radius 3 is 2.11 bits per heavy atom. The van der Waals surface area contributed by atoms with Gasteiger partial charge in [0.25, 0.3) is 0 Å². The Morgan fingerprint density at radius 1 is 0.955 bits per heavy atom. The largest absolute Gasteiger partial charge is 0.469 e. The summed E-state index contributed by atoms with van der Waals surface area (Å²) in [4.78, 5) is 11.5. The van der Waals surface area contributed by atoms with E-state index in [1.54, 1.807) is 0 Å². The van der Waals surface area contributed by atoms with E-state index >= 15 is 0 Å². The third-order valence-corrected chi connectivity index (χ3v) is 19.6. The topological polar surface area (TPSA) is 65.0 Å². The number of esters is 1. The molecule has 0 aliphatic heterocycles. The van der Waals surface area contributed by atoms with Gasteiger partial charge in [-0.25, -0.2) is 0 Å². The number of rotatable bonds is 16. The number of carbonyl (C=O) groups is 1. The maximum Gasteiger partial charge on any atom is 0.305 e. The number of benzene rings is 1. The minimum Gasteiger partial charge on any atom is -0.469 e. The van der Waals surface area contributed by atoms with Gasteiger partial charge in [0.15, 0.2) is 16.6 Å². The van der Waals surface area contributed by atoms with Crippen molar-refractivity contribution in [1.82, 2.24) is 0 Å². The molecule has 0 aromatic heterocycles. The first-order valence-electron chi connectivity index (χ1n) is 17.2. The number of unbranched alkanes of at least 4 members (excludes halogenated alkanes) is 3. The Labute approximate surface area is 272 Å². The van der Waals surface area contributed by atoms with Gasteiger partial charge in [-0.3, -0.25) is 4.79 Å². The predicted molar refractivity (Wildman–Crippen MR) is 190 cm³/mol. The van der Waals surface area contributed by atoms with E-state index in [4.69, 9.17) is 13.6 Å². The molecule has 1 aromatic carbocycles. The van der Waals surface area contributed by atoms with Crippen LogP contribution >= 0.6 is 0 Å². The maximum atomic E-state index is 11.5. The van der Waals surface area contributed by atoms with E-state index in [1.165, 1.54) is 37.5 Å². The number of ether oxygens (including phenoxy) is 1. The van der Waals surface area contributed by atoms with Crippen molar-refractivity contribution in [3.8, 4) is 0 Å². The minimum atomic E-state index is -2.05. The fourth-order valence-electron chi connectivity index (χ4n) is 5.69. The molecule has 1 N–H and O–H groups in total. The quantitative estimate of drug-likeness (QED) is 0.0838. The molecule has 44 heavy (non-hydrogen) atoms. The van der Waals surface area contributed by atoms with Gasteiger partial charge in [-0.05, 0) is 85.4 Å². The van der Waals surface area contributed by atoms with Gasteiger partial charge in [-0.15, -0.1) is 0 Å². The molecule has 0 spiro atoms. The first kappa shape index (κ1) is 38.9. The second kappa shape index (κ2) is 16.5. The Kier molecular flexibility index (Phi) is 14.6. The third kappa shape index (κ3) is 10.9. The Morgan fingerprint density at radius 2 is 1.57 bits per heavy atom. The highest BCUT2D eigenvalue weighted by molar-refractivity contribution is 6.74. The van der Waals surface area contributed by atoms with Gasteiger partial charge in [0.05, 0.1) is 25.4 Å². The van der Waals surface area contributed by atoms with Gasteiger partial charge in [0, 0.05) is 12.3 Å². The van der Waals surface area contributed by atoms with Crippen molar-refractivity contribution >= 4 is 22.6 Å². The van der Waals surface area contributed by atoms with E-state index in [1.807, 2.05) is 0 Å². The summed E-state index contributed by atoms with van der Waals surface area (Å²) in [6.45, 7) is 25.4. The van der Waals surface area contributed by atoms with Gasteiger partial charge < -0.3 is 18.7 Å². The van der Waals surface area contributed by atoms with E-state index in [2.05, 4.69) is 111 Å². The molecule has 2 rings (SSSR count). The van der Waals surface area contributed by atoms with E-state index in [0.717, 1.165) is 25.7 Å². The number of carbonyl (C=O) groups excluding carboxylic acids is 1. The SMILES string of the molecule is CCCCCC(O[Si](C)(C)C(C)(C)C)c1ccc([C@@H]2C(CC=CCCCC(=O)OC)[C@@H](O)C[C@H]2O[Si](C)(C)C(C)(C)C)cc1. The molecule has 1 fully saturated rings. The molecular formula is C37H66O5Si2. The van der Waals surface area contributed by atoms with Crippen LogP contribution in [0, 0.1) is 5.92 Å². The first-order chi connectivity index (χ1) is 20.3. The van der Waals surface area contributed by atoms with Crippen molar-refractivity contribution in [2.45, 2.75) is 167 Å². The molecule has 0 radical (unpaired) electrons. The molecule has 1 aliphatic carbocycles. The molecule has 2 unspecified atom stereocenters.